The molecule has 1 aliphatic rings. The van der Waals surface area contributed by atoms with E-state index >= 15 is 0 Å². The van der Waals surface area contributed by atoms with Crippen molar-refractivity contribution in [3.05, 3.63) is 54.1 Å². The van der Waals surface area contributed by atoms with E-state index < -0.39 is 16.1 Å². The summed E-state index contributed by atoms with van der Waals surface area (Å²) in [6.45, 7) is 1.45. The Balaban J connectivity index is 1.60. The highest BCUT2D eigenvalue weighted by atomic mass is 32.2. The molecule has 0 saturated carbocycles. The molecule has 7 nitrogen and oxygen atoms in total. The molecule has 0 fully saturated rings. The second-order valence-corrected chi connectivity index (χ2v) is 7.63. The first-order valence-electron chi connectivity index (χ1n) is 8.04. The van der Waals surface area contributed by atoms with Crippen LogP contribution in [0, 0.1) is 0 Å². The summed E-state index contributed by atoms with van der Waals surface area (Å²) in [5.41, 5.74) is 1.04. The van der Waals surface area contributed by atoms with Gasteiger partial charge in [0.2, 0.25) is 10.0 Å². The molecule has 1 amide bonds. The molecule has 1 heterocycles. The first-order valence-corrected chi connectivity index (χ1v) is 9.52. The van der Waals surface area contributed by atoms with Crippen molar-refractivity contribution >= 4 is 27.4 Å². The number of Topliss-reactive ketones (excluding diaryl/α,β-unsaturated/α-hetero) is 1. The molecule has 1 aliphatic heterocycles. The SMILES string of the molecule is CC(=O)c1ccc(S(=O)(=O)NCCC2Oc3ccccc3NC2=O)cc1. The Labute approximate surface area is 151 Å². The molecule has 136 valence electrons. The van der Waals surface area contributed by atoms with Crippen molar-refractivity contribution in [1.82, 2.24) is 4.72 Å². The van der Waals surface area contributed by atoms with Crippen molar-refractivity contribution in [2.75, 3.05) is 11.9 Å². The van der Waals surface area contributed by atoms with E-state index in [9.17, 15) is 18.0 Å². The molecule has 0 bridgehead atoms. The van der Waals surface area contributed by atoms with Gasteiger partial charge in [0, 0.05) is 18.5 Å². The van der Waals surface area contributed by atoms with E-state index in [0.29, 0.717) is 17.0 Å². The van der Waals surface area contributed by atoms with Crippen molar-refractivity contribution in [2.45, 2.75) is 24.3 Å². The number of carbonyl (C=O) groups excluding carboxylic acids is 2. The van der Waals surface area contributed by atoms with Crippen molar-refractivity contribution in [3.63, 3.8) is 0 Å². The predicted octanol–water partition coefficient (Wildman–Crippen LogP) is 1.96. The van der Waals surface area contributed by atoms with Gasteiger partial charge in [0.25, 0.3) is 5.91 Å². The summed E-state index contributed by atoms with van der Waals surface area (Å²) in [7, 11) is -3.73. The van der Waals surface area contributed by atoms with E-state index in [0.717, 1.165) is 0 Å². The lowest BCUT2D eigenvalue weighted by Gasteiger charge is -2.25. The van der Waals surface area contributed by atoms with Gasteiger partial charge in [-0.3, -0.25) is 9.59 Å². The van der Waals surface area contributed by atoms with Crippen molar-refractivity contribution in [3.8, 4) is 5.75 Å². The molecular weight excluding hydrogens is 356 g/mol. The number of fused-ring (bicyclic) bond motifs is 1. The van der Waals surface area contributed by atoms with Crippen LogP contribution in [0.15, 0.2) is 53.4 Å². The van der Waals surface area contributed by atoms with Gasteiger partial charge < -0.3 is 10.1 Å². The molecular formula is C18H18N2O5S. The molecule has 3 rings (SSSR count). The number of para-hydroxylation sites is 2. The Hall–Kier alpha value is -2.71. The second-order valence-electron chi connectivity index (χ2n) is 5.86. The molecule has 2 aromatic carbocycles. The Bertz CT molecular complexity index is 938. The number of sulfonamides is 1. The summed E-state index contributed by atoms with van der Waals surface area (Å²) >= 11 is 0. The van der Waals surface area contributed by atoms with Gasteiger partial charge in [0.1, 0.15) is 5.75 Å². The van der Waals surface area contributed by atoms with Gasteiger partial charge in [-0.05, 0) is 31.2 Å². The van der Waals surface area contributed by atoms with Crippen LogP contribution in [0.5, 0.6) is 5.75 Å². The third kappa shape index (κ3) is 3.92. The number of hydrogen-bond donors (Lipinski definition) is 2. The van der Waals surface area contributed by atoms with Crippen LogP contribution in [0.2, 0.25) is 0 Å². The van der Waals surface area contributed by atoms with E-state index in [1.54, 1.807) is 24.3 Å². The average molecular weight is 374 g/mol. The molecule has 0 aliphatic carbocycles. The summed E-state index contributed by atoms with van der Waals surface area (Å²) in [4.78, 5) is 23.4. The normalized spacial score (nSPS) is 16.3. The average Bonchev–Trinajstić information content (AvgIpc) is 2.62. The maximum atomic E-state index is 12.3. The second kappa shape index (κ2) is 7.27. The molecule has 1 unspecified atom stereocenters. The third-order valence-electron chi connectivity index (χ3n) is 3.98. The van der Waals surface area contributed by atoms with Gasteiger partial charge in [-0.15, -0.1) is 0 Å². The van der Waals surface area contributed by atoms with Crippen LogP contribution >= 0.6 is 0 Å². The fourth-order valence-electron chi connectivity index (χ4n) is 2.56. The molecule has 1 atom stereocenters. The van der Waals surface area contributed by atoms with Crippen LogP contribution in [0.25, 0.3) is 0 Å². The summed E-state index contributed by atoms with van der Waals surface area (Å²) < 4.78 is 32.7. The summed E-state index contributed by atoms with van der Waals surface area (Å²) in [6, 6.07) is 12.7. The highest BCUT2D eigenvalue weighted by Gasteiger charge is 2.27. The fourth-order valence-corrected chi connectivity index (χ4v) is 3.61. The van der Waals surface area contributed by atoms with Gasteiger partial charge in [-0.2, -0.15) is 0 Å². The molecule has 2 aromatic rings. The number of rotatable bonds is 6. The predicted molar refractivity (Wildman–Crippen MR) is 95.7 cm³/mol. The monoisotopic (exact) mass is 374 g/mol. The zero-order chi connectivity index (χ0) is 18.7. The maximum absolute atomic E-state index is 12.3. The van der Waals surface area contributed by atoms with Gasteiger partial charge in [0.15, 0.2) is 11.9 Å². The van der Waals surface area contributed by atoms with Gasteiger partial charge in [-0.25, -0.2) is 13.1 Å². The lowest BCUT2D eigenvalue weighted by Crippen LogP contribution is -2.39. The summed E-state index contributed by atoms with van der Waals surface area (Å²) in [6.07, 6.45) is -0.585. The largest absolute Gasteiger partial charge is 0.478 e. The number of ketones is 1. The number of carbonyl (C=O) groups is 2. The number of amides is 1. The fraction of sp³-hybridized carbons (Fsp3) is 0.222. The maximum Gasteiger partial charge on any atom is 0.265 e. The molecule has 0 radical (unpaired) electrons. The van der Waals surface area contributed by atoms with Gasteiger partial charge in [-0.1, -0.05) is 24.3 Å². The minimum Gasteiger partial charge on any atom is -0.478 e. The molecule has 8 heteroatoms. The number of nitrogens with one attached hydrogen (secondary N) is 2. The first-order chi connectivity index (χ1) is 12.4. The van der Waals surface area contributed by atoms with E-state index in [-0.39, 0.29) is 29.6 Å². The number of hydrogen-bond acceptors (Lipinski definition) is 5. The summed E-state index contributed by atoms with van der Waals surface area (Å²) in [5, 5.41) is 2.73. The topological polar surface area (TPSA) is 102 Å². The minimum absolute atomic E-state index is 0.0387. The Morgan fingerprint density at radius 2 is 1.85 bits per heavy atom. The minimum atomic E-state index is -3.73. The van der Waals surface area contributed by atoms with Crippen LogP contribution in [-0.2, 0) is 14.8 Å². The van der Waals surface area contributed by atoms with Crippen LogP contribution in [-0.4, -0.2) is 32.8 Å². The number of ether oxygens (including phenoxy) is 1. The van der Waals surface area contributed by atoms with Crippen molar-refractivity contribution in [1.29, 1.82) is 0 Å². The highest BCUT2D eigenvalue weighted by Crippen LogP contribution is 2.29. The third-order valence-corrected chi connectivity index (χ3v) is 5.45. The van der Waals surface area contributed by atoms with Crippen molar-refractivity contribution in [2.24, 2.45) is 0 Å². The Kier molecular flexibility index (Phi) is 5.06. The zero-order valence-corrected chi connectivity index (χ0v) is 14.9. The first kappa shape index (κ1) is 18.1. The molecule has 2 N–H and O–H groups in total. The Morgan fingerprint density at radius 1 is 1.15 bits per heavy atom. The van der Waals surface area contributed by atoms with E-state index in [1.807, 2.05) is 0 Å². The van der Waals surface area contributed by atoms with Crippen LogP contribution in [0.3, 0.4) is 0 Å². The molecule has 0 saturated heterocycles. The smallest absolute Gasteiger partial charge is 0.265 e. The standard InChI is InChI=1S/C18H18N2O5S/c1-12(21)13-6-8-14(9-7-13)26(23,24)19-11-10-17-18(22)20-15-4-2-3-5-16(15)25-17/h2-9,17,19H,10-11H2,1H3,(H,20,22). The quantitative estimate of drug-likeness (QED) is 0.753. The molecule has 0 spiro atoms. The van der Waals surface area contributed by atoms with Crippen LogP contribution in [0.4, 0.5) is 5.69 Å². The molecule has 26 heavy (non-hydrogen) atoms. The van der Waals surface area contributed by atoms with Gasteiger partial charge in [0.05, 0.1) is 10.6 Å². The number of benzene rings is 2. The van der Waals surface area contributed by atoms with Gasteiger partial charge >= 0.3 is 0 Å². The van der Waals surface area contributed by atoms with Crippen molar-refractivity contribution < 1.29 is 22.7 Å². The summed E-state index contributed by atoms with van der Waals surface area (Å²) in [5.74, 6) is 0.108. The lowest BCUT2D eigenvalue weighted by molar-refractivity contribution is -0.123. The van der Waals surface area contributed by atoms with Crippen LogP contribution < -0.4 is 14.8 Å². The van der Waals surface area contributed by atoms with E-state index in [4.69, 9.17) is 4.74 Å². The number of anilines is 1. The van der Waals surface area contributed by atoms with E-state index in [1.165, 1.54) is 31.2 Å². The zero-order valence-electron chi connectivity index (χ0n) is 14.1. The highest BCUT2D eigenvalue weighted by molar-refractivity contribution is 7.89. The Morgan fingerprint density at radius 3 is 2.54 bits per heavy atom. The lowest BCUT2D eigenvalue weighted by atomic mass is 10.1. The van der Waals surface area contributed by atoms with Crippen LogP contribution in [0.1, 0.15) is 23.7 Å². The van der Waals surface area contributed by atoms with E-state index in [2.05, 4.69) is 10.0 Å². The molecule has 0 aromatic heterocycles.